The van der Waals surface area contributed by atoms with Crippen molar-refractivity contribution in [3.8, 4) is 11.5 Å². The summed E-state index contributed by atoms with van der Waals surface area (Å²) in [4.78, 5) is 26.8. The topological polar surface area (TPSA) is 140 Å². The third kappa shape index (κ3) is 3.69. The van der Waals surface area contributed by atoms with Crippen molar-refractivity contribution in [2.45, 2.75) is 99.7 Å². The van der Waals surface area contributed by atoms with E-state index in [0.717, 1.165) is 0 Å². The van der Waals surface area contributed by atoms with Gasteiger partial charge in [0, 0.05) is 10.9 Å². The van der Waals surface area contributed by atoms with E-state index in [1.807, 2.05) is 13.8 Å². The van der Waals surface area contributed by atoms with Crippen molar-refractivity contribution in [1.82, 2.24) is 0 Å². The minimum absolute atomic E-state index is 0.112. The Labute approximate surface area is 231 Å². The molecule has 6 atom stereocenters. The van der Waals surface area contributed by atoms with Crippen LogP contribution in [0.1, 0.15) is 86.6 Å². The van der Waals surface area contributed by atoms with Gasteiger partial charge in [0.05, 0.1) is 27.7 Å². The van der Waals surface area contributed by atoms with Gasteiger partial charge in [0.15, 0.2) is 17.2 Å². The van der Waals surface area contributed by atoms with Gasteiger partial charge < -0.3 is 20.1 Å². The molecular weight excluding hydrogens is 543 g/mol. The van der Waals surface area contributed by atoms with Crippen LogP contribution < -0.4 is 0 Å². The van der Waals surface area contributed by atoms with Crippen LogP contribution in [0.2, 0.25) is 0 Å². The van der Waals surface area contributed by atoms with Gasteiger partial charge in [-0.3, -0.25) is 9.59 Å². The number of nitrogens with one attached hydrogen (secondary N) is 1. The number of hydrogen-bond donors (Lipinski definition) is 4. The Hall–Kier alpha value is -1.45. The monoisotopic (exact) mass is 574 g/mol. The maximum atomic E-state index is 14.6. The minimum Gasteiger partial charge on any atom is -0.507 e. The number of benzene rings is 1. The van der Waals surface area contributed by atoms with Gasteiger partial charge in [0.25, 0.3) is 0 Å². The van der Waals surface area contributed by atoms with E-state index >= 15 is 0 Å². The summed E-state index contributed by atoms with van der Waals surface area (Å²) in [6, 6.07) is 0. The van der Waals surface area contributed by atoms with Crippen LogP contribution in [0.25, 0.3) is 0 Å². The Morgan fingerprint density at radius 2 is 1.62 bits per heavy atom. The van der Waals surface area contributed by atoms with Gasteiger partial charge in [-0.05, 0) is 64.7 Å². The lowest BCUT2D eigenvalue weighted by Gasteiger charge is -2.60. The van der Waals surface area contributed by atoms with Crippen molar-refractivity contribution in [2.24, 2.45) is 16.4 Å². The van der Waals surface area contributed by atoms with Gasteiger partial charge in [-0.15, -0.1) is 34.8 Å². The van der Waals surface area contributed by atoms with Crippen LogP contribution in [0.15, 0.2) is 5.11 Å². The Balaban J connectivity index is 2.07. The third-order valence-corrected chi connectivity index (χ3v) is 11.2. The summed E-state index contributed by atoms with van der Waals surface area (Å²) < 4.78 is 6.50. The molecule has 1 heterocycles. The fourth-order valence-corrected chi connectivity index (χ4v) is 7.66. The number of hydrogen-bond acceptors (Lipinski definition) is 8. The predicted octanol–water partition coefficient (Wildman–Crippen LogP) is 6.16. The van der Waals surface area contributed by atoms with Crippen molar-refractivity contribution in [1.29, 1.82) is 5.53 Å². The lowest BCUT2D eigenvalue weighted by Crippen LogP contribution is -2.74. The molecule has 2 fully saturated rings. The molecule has 4 rings (SSSR count). The van der Waals surface area contributed by atoms with Gasteiger partial charge in [-0.25, -0.2) is 5.53 Å². The van der Waals surface area contributed by atoms with E-state index in [1.54, 1.807) is 20.8 Å². The Morgan fingerprint density at radius 1 is 1.03 bits per heavy atom. The van der Waals surface area contributed by atoms with Crippen LogP contribution >= 0.6 is 34.8 Å². The lowest BCUT2D eigenvalue weighted by molar-refractivity contribution is -0.189. The number of carbonyl (C=O) groups is 2. The fraction of sp³-hybridized carbons (Fsp3) is 0.692. The summed E-state index contributed by atoms with van der Waals surface area (Å²) in [5.41, 5.74) is 1.06. The van der Waals surface area contributed by atoms with E-state index in [1.165, 1.54) is 6.92 Å². The molecule has 1 aromatic carbocycles. The summed E-state index contributed by atoms with van der Waals surface area (Å²) in [5.74, 6) is -3.49. The first-order valence-electron chi connectivity index (χ1n) is 12.3. The lowest BCUT2D eigenvalue weighted by atomic mass is 9.54. The highest BCUT2D eigenvalue weighted by Crippen LogP contribution is 2.62. The van der Waals surface area contributed by atoms with E-state index in [4.69, 9.17) is 45.1 Å². The first-order chi connectivity index (χ1) is 16.8. The summed E-state index contributed by atoms with van der Waals surface area (Å²) in [6.45, 7) is 10.2. The Morgan fingerprint density at radius 3 is 2.19 bits per heavy atom. The molecule has 0 aromatic heterocycles. The number of Topliss-reactive ketones (excluding diaryl/α,β-unsaturated/α-hetero) is 2. The second kappa shape index (κ2) is 8.52. The molecule has 0 amide bonds. The number of ether oxygens (including phenoxy) is 1. The van der Waals surface area contributed by atoms with E-state index in [-0.39, 0.29) is 23.8 Å². The zero-order valence-corrected chi connectivity index (χ0v) is 24.0. The van der Waals surface area contributed by atoms with Gasteiger partial charge in [-0.1, -0.05) is 13.8 Å². The average molecular weight is 576 g/mol. The molecule has 0 spiro atoms. The summed E-state index contributed by atoms with van der Waals surface area (Å²) >= 11 is 20.6. The van der Waals surface area contributed by atoms with Crippen LogP contribution in [-0.2, 0) is 4.74 Å². The Kier molecular flexibility index (Phi) is 6.58. The van der Waals surface area contributed by atoms with Crippen LogP contribution in [0, 0.1) is 23.8 Å². The smallest absolute Gasteiger partial charge is 0.200 e. The number of halogens is 3. The molecule has 4 N–H and O–H groups in total. The molecule has 0 unspecified atom stereocenters. The number of alkyl halides is 3. The van der Waals surface area contributed by atoms with E-state index < -0.39 is 78.3 Å². The molecule has 1 aromatic rings. The van der Waals surface area contributed by atoms with Crippen molar-refractivity contribution >= 4 is 52.1 Å². The molecule has 0 radical (unpaired) electrons. The second-order valence-corrected chi connectivity index (χ2v) is 13.8. The van der Waals surface area contributed by atoms with Gasteiger partial charge >= 0.3 is 0 Å². The first-order valence-corrected chi connectivity index (χ1v) is 13.5. The number of rotatable bonds is 3. The number of aliphatic hydroxyl groups is 1. The van der Waals surface area contributed by atoms with E-state index in [2.05, 4.69) is 5.11 Å². The van der Waals surface area contributed by atoms with Crippen LogP contribution in [-0.4, -0.2) is 59.3 Å². The van der Waals surface area contributed by atoms with Crippen molar-refractivity contribution in [3.05, 3.63) is 16.7 Å². The van der Waals surface area contributed by atoms with Gasteiger partial charge in [0.1, 0.15) is 22.1 Å². The van der Waals surface area contributed by atoms with Crippen molar-refractivity contribution in [3.63, 3.8) is 0 Å². The summed E-state index contributed by atoms with van der Waals surface area (Å²) in [7, 11) is 0. The van der Waals surface area contributed by atoms with Crippen molar-refractivity contribution < 1.29 is 29.6 Å². The van der Waals surface area contributed by atoms with Gasteiger partial charge in [-0.2, -0.15) is 5.11 Å². The van der Waals surface area contributed by atoms with Gasteiger partial charge in [0.2, 0.25) is 0 Å². The number of phenols is 2. The molecule has 37 heavy (non-hydrogen) atoms. The van der Waals surface area contributed by atoms with E-state index in [9.17, 15) is 24.9 Å². The molecule has 1 aliphatic heterocycles. The molecule has 3 aliphatic rings. The molecule has 0 bridgehead atoms. The summed E-state index contributed by atoms with van der Waals surface area (Å²) in [6.07, 6.45) is 0.545. The summed E-state index contributed by atoms with van der Waals surface area (Å²) in [5, 5.41) is 35.3. The number of carbonyl (C=O) groups excluding carboxylic acids is 2. The largest absolute Gasteiger partial charge is 0.507 e. The zero-order chi connectivity index (χ0) is 28.1. The third-order valence-electron chi connectivity index (χ3n) is 9.09. The Bertz CT molecular complexity index is 1220. The maximum absolute atomic E-state index is 14.6. The molecule has 2 aliphatic carbocycles. The standard InChI is InChI=1S/C26H33Cl3N2O6/c1-11-18(32)16-15(17(31-30)19(11)33)21(35)26(9-12-22(2,3)13(27)7-8-24(12,6)36)25(29,20(16)34)10-14(28)23(4,5)37-26/h12-14,30,32-33,36H,7-10H2,1-6H3/t12-,13-,14+,24-,25-,26-/m0/s1. The first kappa shape index (κ1) is 28.6. The van der Waals surface area contributed by atoms with Crippen molar-refractivity contribution in [2.75, 3.05) is 0 Å². The fourth-order valence-electron chi connectivity index (χ4n) is 6.59. The average Bonchev–Trinajstić information content (AvgIpc) is 2.79. The molecule has 11 heteroatoms. The highest BCUT2D eigenvalue weighted by atomic mass is 35.5. The molecule has 8 nitrogen and oxygen atoms in total. The van der Waals surface area contributed by atoms with Crippen LogP contribution in [0.3, 0.4) is 0 Å². The highest BCUT2D eigenvalue weighted by Gasteiger charge is 2.72. The number of nitrogens with zero attached hydrogens (tertiary/aromatic N) is 1. The molecule has 1 saturated heterocycles. The minimum atomic E-state index is -2.07. The van der Waals surface area contributed by atoms with Crippen LogP contribution in [0.4, 0.5) is 5.69 Å². The number of fused-ring (bicyclic) bond motifs is 2. The highest BCUT2D eigenvalue weighted by molar-refractivity contribution is 6.46. The quantitative estimate of drug-likeness (QED) is 0.251. The SMILES string of the molecule is Cc1c(O)c(N=N)c2c(c1O)C(=O)[C@@]1(Cl)C[C@@H](Cl)C(C)(C)O[C@@]1(C[C@H]1C(C)(C)[C@@H](Cl)CC[C@]1(C)O)C2=O. The number of phenolic OH excluding ortho intramolecular Hbond substituents is 2. The molecule has 204 valence electrons. The normalized spacial score (nSPS) is 38.6. The maximum Gasteiger partial charge on any atom is 0.200 e. The number of aromatic hydroxyl groups is 2. The second-order valence-electron chi connectivity index (χ2n) is 12.1. The zero-order valence-electron chi connectivity index (χ0n) is 21.7. The molecular formula is C26H33Cl3N2O6. The van der Waals surface area contributed by atoms with E-state index in [0.29, 0.717) is 12.8 Å². The molecule has 1 saturated carbocycles. The predicted molar refractivity (Wildman–Crippen MR) is 140 cm³/mol. The number of ketones is 2. The van der Waals surface area contributed by atoms with Crippen LogP contribution in [0.5, 0.6) is 11.5 Å².